The van der Waals surface area contributed by atoms with Crippen molar-refractivity contribution in [3.63, 3.8) is 0 Å². The Kier molecular flexibility index (Phi) is 4.45. The van der Waals surface area contributed by atoms with Gasteiger partial charge in [-0.2, -0.15) is 0 Å². The first-order chi connectivity index (χ1) is 9.81. The zero-order valence-corrected chi connectivity index (χ0v) is 13.0. The van der Waals surface area contributed by atoms with E-state index in [0.717, 1.165) is 12.8 Å². The minimum Gasteiger partial charge on any atom is -0.353 e. The molecule has 2 aliphatic rings. The second-order valence-corrected chi connectivity index (χ2v) is 7.38. The molecule has 1 aromatic rings. The van der Waals surface area contributed by atoms with Gasteiger partial charge in [0.05, 0.1) is 5.41 Å². The van der Waals surface area contributed by atoms with E-state index in [0.29, 0.717) is 11.9 Å². The topological polar surface area (TPSA) is 29.1 Å². The molecule has 1 heterocycles. The lowest BCUT2D eigenvalue weighted by Crippen LogP contribution is -2.46. The highest BCUT2D eigenvalue weighted by Gasteiger charge is 2.43. The molecule has 2 saturated carbocycles. The number of carbonyl (C=O) groups excluding carboxylic acids is 1. The van der Waals surface area contributed by atoms with Crippen molar-refractivity contribution in [2.24, 2.45) is 0 Å². The van der Waals surface area contributed by atoms with Gasteiger partial charge in [0, 0.05) is 10.9 Å². The number of hydrogen-bond donors (Lipinski definition) is 1. The third kappa shape index (κ3) is 2.78. The summed E-state index contributed by atoms with van der Waals surface area (Å²) in [7, 11) is 0. The largest absolute Gasteiger partial charge is 0.353 e. The zero-order chi connectivity index (χ0) is 13.8. The Morgan fingerprint density at radius 2 is 1.80 bits per heavy atom. The van der Waals surface area contributed by atoms with Crippen LogP contribution in [-0.4, -0.2) is 11.9 Å². The molecule has 110 valence electrons. The quantitative estimate of drug-likeness (QED) is 0.822. The SMILES string of the molecule is O=C(NC1CCCCCC1)C1(c2cccs2)CCCC1. The molecule has 3 heteroatoms. The Morgan fingerprint density at radius 1 is 1.10 bits per heavy atom. The van der Waals surface area contributed by atoms with E-state index < -0.39 is 0 Å². The van der Waals surface area contributed by atoms with Crippen LogP contribution < -0.4 is 5.32 Å². The first kappa shape index (κ1) is 14.1. The van der Waals surface area contributed by atoms with E-state index in [1.807, 2.05) is 0 Å². The zero-order valence-electron chi connectivity index (χ0n) is 12.2. The molecule has 0 unspecified atom stereocenters. The smallest absolute Gasteiger partial charge is 0.231 e. The second-order valence-electron chi connectivity index (χ2n) is 6.43. The van der Waals surface area contributed by atoms with Crippen molar-refractivity contribution in [1.82, 2.24) is 5.32 Å². The fraction of sp³-hybridized carbons (Fsp3) is 0.706. The second kappa shape index (κ2) is 6.30. The molecular weight excluding hydrogens is 266 g/mol. The summed E-state index contributed by atoms with van der Waals surface area (Å²) in [5.74, 6) is 0.310. The fourth-order valence-electron chi connectivity index (χ4n) is 3.86. The summed E-state index contributed by atoms with van der Waals surface area (Å²) in [4.78, 5) is 14.2. The Labute approximate surface area is 126 Å². The van der Waals surface area contributed by atoms with Crippen molar-refractivity contribution in [3.05, 3.63) is 22.4 Å². The van der Waals surface area contributed by atoms with Gasteiger partial charge in [0.2, 0.25) is 5.91 Å². The Hall–Kier alpha value is -0.830. The summed E-state index contributed by atoms with van der Waals surface area (Å²) in [6, 6.07) is 4.66. The number of hydrogen-bond acceptors (Lipinski definition) is 2. The number of carbonyl (C=O) groups is 1. The summed E-state index contributed by atoms with van der Waals surface area (Å²) in [6.07, 6.45) is 12.0. The predicted molar refractivity (Wildman–Crippen MR) is 84.1 cm³/mol. The van der Waals surface area contributed by atoms with Crippen LogP contribution in [0.3, 0.4) is 0 Å². The predicted octanol–water partition coefficient (Wildman–Crippen LogP) is 4.40. The van der Waals surface area contributed by atoms with Gasteiger partial charge < -0.3 is 5.32 Å². The molecule has 1 aromatic heterocycles. The normalized spacial score (nSPS) is 23.4. The van der Waals surface area contributed by atoms with Gasteiger partial charge in [-0.1, -0.05) is 44.6 Å². The van der Waals surface area contributed by atoms with E-state index in [9.17, 15) is 4.79 Å². The maximum atomic E-state index is 12.9. The van der Waals surface area contributed by atoms with E-state index in [-0.39, 0.29) is 5.41 Å². The van der Waals surface area contributed by atoms with Crippen molar-refractivity contribution in [2.45, 2.75) is 75.7 Å². The molecule has 0 saturated heterocycles. The molecule has 0 atom stereocenters. The molecule has 2 fully saturated rings. The first-order valence-electron chi connectivity index (χ1n) is 8.16. The summed E-state index contributed by atoms with van der Waals surface area (Å²) < 4.78 is 0. The highest BCUT2D eigenvalue weighted by Crippen LogP contribution is 2.43. The van der Waals surface area contributed by atoms with Crippen LogP contribution in [0.5, 0.6) is 0 Å². The van der Waals surface area contributed by atoms with Crippen LogP contribution >= 0.6 is 11.3 Å². The van der Waals surface area contributed by atoms with Crippen LogP contribution in [0, 0.1) is 0 Å². The molecule has 2 nitrogen and oxygen atoms in total. The fourth-order valence-corrected chi connectivity index (χ4v) is 4.85. The van der Waals surface area contributed by atoms with Crippen molar-refractivity contribution < 1.29 is 4.79 Å². The van der Waals surface area contributed by atoms with Crippen LogP contribution in [0.1, 0.15) is 69.1 Å². The van der Waals surface area contributed by atoms with Gasteiger partial charge in [-0.05, 0) is 37.1 Å². The van der Waals surface area contributed by atoms with Gasteiger partial charge in [-0.3, -0.25) is 4.79 Å². The average molecular weight is 291 g/mol. The van der Waals surface area contributed by atoms with Gasteiger partial charge in [-0.25, -0.2) is 0 Å². The standard InChI is InChI=1S/C17H25NOS/c19-16(18-14-8-3-1-2-4-9-14)17(11-5-6-12-17)15-10-7-13-20-15/h7,10,13-14H,1-6,8-9,11-12H2,(H,18,19). The third-order valence-corrected chi connectivity index (χ3v) is 6.15. The lowest BCUT2D eigenvalue weighted by atomic mass is 9.83. The van der Waals surface area contributed by atoms with Crippen molar-refractivity contribution in [2.75, 3.05) is 0 Å². The van der Waals surface area contributed by atoms with E-state index >= 15 is 0 Å². The molecule has 2 aliphatic carbocycles. The molecule has 1 amide bonds. The molecule has 0 radical (unpaired) electrons. The molecule has 0 aromatic carbocycles. The van der Waals surface area contributed by atoms with Crippen molar-refractivity contribution in [3.8, 4) is 0 Å². The highest BCUT2D eigenvalue weighted by molar-refractivity contribution is 7.10. The molecule has 0 bridgehead atoms. The summed E-state index contributed by atoms with van der Waals surface area (Å²) in [6.45, 7) is 0. The first-order valence-corrected chi connectivity index (χ1v) is 9.04. The Balaban J connectivity index is 1.73. The molecule has 3 rings (SSSR count). The summed E-state index contributed by atoms with van der Waals surface area (Å²) in [5.41, 5.74) is -0.208. The monoisotopic (exact) mass is 291 g/mol. The van der Waals surface area contributed by atoms with Gasteiger partial charge in [0.1, 0.15) is 0 Å². The van der Waals surface area contributed by atoms with E-state index in [1.54, 1.807) is 11.3 Å². The van der Waals surface area contributed by atoms with Crippen molar-refractivity contribution >= 4 is 17.2 Å². The number of nitrogens with one attached hydrogen (secondary N) is 1. The van der Waals surface area contributed by atoms with Crippen LogP contribution in [0.4, 0.5) is 0 Å². The minimum atomic E-state index is -0.208. The molecule has 0 aliphatic heterocycles. The maximum absolute atomic E-state index is 12.9. The number of rotatable bonds is 3. The van der Waals surface area contributed by atoms with Gasteiger partial charge >= 0.3 is 0 Å². The van der Waals surface area contributed by atoms with Crippen LogP contribution in [-0.2, 0) is 10.2 Å². The molecule has 20 heavy (non-hydrogen) atoms. The minimum absolute atomic E-state index is 0.208. The van der Waals surface area contributed by atoms with Gasteiger partial charge in [0.15, 0.2) is 0 Å². The van der Waals surface area contributed by atoms with Gasteiger partial charge in [0.25, 0.3) is 0 Å². The molecule has 1 N–H and O–H groups in total. The van der Waals surface area contributed by atoms with E-state index in [4.69, 9.17) is 0 Å². The molecular formula is C17H25NOS. The average Bonchev–Trinajstić information content (AvgIpc) is 3.08. The summed E-state index contributed by atoms with van der Waals surface area (Å²) >= 11 is 1.75. The lowest BCUT2D eigenvalue weighted by molar-refractivity contribution is -0.127. The van der Waals surface area contributed by atoms with Crippen molar-refractivity contribution in [1.29, 1.82) is 0 Å². The van der Waals surface area contributed by atoms with Crippen LogP contribution in [0.2, 0.25) is 0 Å². The maximum Gasteiger partial charge on any atom is 0.231 e. The highest BCUT2D eigenvalue weighted by atomic mass is 32.1. The molecule has 0 spiro atoms. The Bertz CT molecular complexity index is 426. The number of amides is 1. The van der Waals surface area contributed by atoms with Crippen LogP contribution in [0.15, 0.2) is 17.5 Å². The van der Waals surface area contributed by atoms with E-state index in [1.165, 1.54) is 56.2 Å². The third-order valence-electron chi connectivity index (χ3n) is 5.07. The Morgan fingerprint density at radius 3 is 2.40 bits per heavy atom. The summed E-state index contributed by atoms with van der Waals surface area (Å²) in [5, 5.41) is 5.50. The lowest BCUT2D eigenvalue weighted by Gasteiger charge is -2.29. The van der Waals surface area contributed by atoms with E-state index in [2.05, 4.69) is 22.8 Å². The van der Waals surface area contributed by atoms with Gasteiger partial charge in [-0.15, -0.1) is 11.3 Å². The number of thiophene rings is 1. The van der Waals surface area contributed by atoms with Crippen LogP contribution in [0.25, 0.3) is 0 Å².